The van der Waals surface area contributed by atoms with E-state index >= 15 is 0 Å². The zero-order valence-electron chi connectivity index (χ0n) is 13.0. The topological polar surface area (TPSA) is 25.8 Å². The second kappa shape index (κ2) is 6.38. The fourth-order valence-electron chi connectivity index (χ4n) is 3.15. The van der Waals surface area contributed by atoms with E-state index in [0.717, 1.165) is 18.2 Å². The monoisotopic (exact) mass is 280 g/mol. The van der Waals surface area contributed by atoms with Gasteiger partial charge >= 0.3 is 0 Å². The maximum atomic E-state index is 4.58. The number of aryl methyl sites for hydroxylation is 1. The van der Waals surface area contributed by atoms with Crippen LogP contribution in [0.3, 0.4) is 0 Å². The number of benzene rings is 1. The van der Waals surface area contributed by atoms with Crippen molar-refractivity contribution in [2.45, 2.75) is 51.9 Å². The highest BCUT2D eigenvalue weighted by Gasteiger charge is 2.20. The molecule has 0 spiro atoms. The van der Waals surface area contributed by atoms with Crippen molar-refractivity contribution in [2.75, 3.05) is 0 Å². The molecule has 1 fully saturated rings. The summed E-state index contributed by atoms with van der Waals surface area (Å²) < 4.78 is 0. The largest absolute Gasteiger partial charge is 0.241 e. The van der Waals surface area contributed by atoms with Gasteiger partial charge in [0.25, 0.3) is 0 Å². The Morgan fingerprint density at radius 1 is 0.952 bits per heavy atom. The molecular formula is C19H24N2. The highest BCUT2D eigenvalue weighted by Crippen LogP contribution is 2.34. The molecule has 1 heterocycles. The van der Waals surface area contributed by atoms with Crippen LogP contribution in [0.5, 0.6) is 0 Å². The molecule has 0 atom stereocenters. The molecule has 1 aromatic heterocycles. The van der Waals surface area contributed by atoms with Crippen LogP contribution in [0.2, 0.25) is 0 Å². The van der Waals surface area contributed by atoms with Crippen LogP contribution in [0, 0.1) is 12.8 Å². The lowest BCUT2D eigenvalue weighted by Gasteiger charge is -2.25. The fourth-order valence-corrected chi connectivity index (χ4v) is 3.15. The Balaban J connectivity index is 1.65. The van der Waals surface area contributed by atoms with E-state index in [4.69, 9.17) is 0 Å². The highest BCUT2D eigenvalue weighted by atomic mass is 14.9. The van der Waals surface area contributed by atoms with Crippen molar-refractivity contribution in [1.82, 2.24) is 9.97 Å². The van der Waals surface area contributed by atoms with Crippen LogP contribution < -0.4 is 0 Å². The van der Waals surface area contributed by atoms with Crippen molar-refractivity contribution >= 4 is 0 Å². The number of rotatable bonds is 3. The first-order valence-corrected chi connectivity index (χ1v) is 8.07. The quantitative estimate of drug-likeness (QED) is 0.816. The van der Waals surface area contributed by atoms with Gasteiger partial charge in [-0.2, -0.15) is 0 Å². The Hall–Kier alpha value is -1.70. The lowest BCUT2D eigenvalue weighted by Crippen LogP contribution is -2.11. The maximum absolute atomic E-state index is 4.58. The summed E-state index contributed by atoms with van der Waals surface area (Å²) >= 11 is 0. The molecule has 21 heavy (non-hydrogen) atoms. The molecule has 2 heteroatoms. The predicted molar refractivity (Wildman–Crippen MR) is 86.4 cm³/mol. The summed E-state index contributed by atoms with van der Waals surface area (Å²) in [5.74, 6) is 2.49. The van der Waals surface area contributed by atoms with Gasteiger partial charge in [-0.3, -0.25) is 0 Å². The minimum atomic E-state index is 0.676. The molecule has 1 aliphatic carbocycles. The number of aromatic nitrogens is 2. The van der Waals surface area contributed by atoms with Crippen molar-refractivity contribution < 1.29 is 0 Å². The maximum Gasteiger partial charge on any atom is 0.132 e. The van der Waals surface area contributed by atoms with Crippen molar-refractivity contribution in [3.8, 4) is 0 Å². The lowest BCUT2D eigenvalue weighted by molar-refractivity contribution is 0.347. The van der Waals surface area contributed by atoms with Crippen molar-refractivity contribution in [3.05, 3.63) is 59.2 Å². The highest BCUT2D eigenvalue weighted by molar-refractivity contribution is 5.24. The molecule has 0 saturated heterocycles. The van der Waals surface area contributed by atoms with E-state index in [1.165, 1.54) is 42.4 Å². The molecule has 0 radical (unpaired) electrons. The van der Waals surface area contributed by atoms with E-state index in [1.807, 2.05) is 0 Å². The molecule has 3 rings (SSSR count). The minimum absolute atomic E-state index is 0.676. The van der Waals surface area contributed by atoms with Crippen molar-refractivity contribution in [2.24, 2.45) is 5.92 Å². The molecule has 2 nitrogen and oxygen atoms in total. The van der Waals surface area contributed by atoms with Gasteiger partial charge in [0.05, 0.1) is 0 Å². The summed E-state index contributed by atoms with van der Waals surface area (Å²) in [6, 6.07) is 8.62. The zero-order chi connectivity index (χ0) is 14.7. The van der Waals surface area contributed by atoms with Gasteiger partial charge in [-0.05, 0) is 42.7 Å². The number of hydrogen-bond acceptors (Lipinski definition) is 2. The lowest BCUT2D eigenvalue weighted by atomic mass is 9.80. The summed E-state index contributed by atoms with van der Waals surface area (Å²) in [4.78, 5) is 9.16. The van der Waals surface area contributed by atoms with Crippen LogP contribution in [0.1, 0.15) is 61.0 Å². The number of nitrogens with zero attached hydrogens (tertiary/aromatic N) is 2. The van der Waals surface area contributed by atoms with Gasteiger partial charge in [0.15, 0.2) is 0 Å². The number of hydrogen-bond donors (Lipinski definition) is 0. The van der Waals surface area contributed by atoms with E-state index in [1.54, 1.807) is 0 Å². The average Bonchev–Trinajstić information content (AvgIpc) is 2.51. The van der Waals surface area contributed by atoms with Gasteiger partial charge in [-0.25, -0.2) is 9.97 Å². The first kappa shape index (κ1) is 14.2. The molecule has 1 aromatic carbocycles. The average molecular weight is 280 g/mol. The van der Waals surface area contributed by atoms with Crippen molar-refractivity contribution in [1.29, 1.82) is 0 Å². The van der Waals surface area contributed by atoms with Crippen LogP contribution in [0.15, 0.2) is 36.7 Å². The van der Waals surface area contributed by atoms with E-state index in [0.29, 0.717) is 5.92 Å². The molecule has 0 bridgehead atoms. The van der Waals surface area contributed by atoms with Gasteiger partial charge in [0.1, 0.15) is 5.82 Å². The van der Waals surface area contributed by atoms with Crippen LogP contribution in [-0.2, 0) is 6.42 Å². The molecule has 1 saturated carbocycles. The second-order valence-corrected chi connectivity index (χ2v) is 6.55. The predicted octanol–water partition coefficient (Wildman–Crippen LogP) is 4.67. The summed E-state index contributed by atoms with van der Waals surface area (Å²) in [7, 11) is 0. The summed E-state index contributed by atoms with van der Waals surface area (Å²) in [5.41, 5.74) is 3.90. The van der Waals surface area contributed by atoms with E-state index < -0.39 is 0 Å². The SMILES string of the molecule is Cc1ccc(Cc2ncc(C3CCC(C)CC3)cn2)cc1. The first-order valence-electron chi connectivity index (χ1n) is 8.07. The minimum Gasteiger partial charge on any atom is -0.241 e. The third-order valence-electron chi connectivity index (χ3n) is 4.70. The smallest absolute Gasteiger partial charge is 0.132 e. The Kier molecular flexibility index (Phi) is 4.33. The Morgan fingerprint density at radius 3 is 2.19 bits per heavy atom. The Morgan fingerprint density at radius 2 is 1.57 bits per heavy atom. The molecule has 0 N–H and O–H groups in total. The molecular weight excluding hydrogens is 256 g/mol. The van der Waals surface area contributed by atoms with Gasteiger partial charge in [-0.1, -0.05) is 49.6 Å². The van der Waals surface area contributed by atoms with E-state index in [-0.39, 0.29) is 0 Å². The van der Waals surface area contributed by atoms with E-state index in [2.05, 4.69) is 60.5 Å². The molecule has 1 aliphatic rings. The van der Waals surface area contributed by atoms with Crippen LogP contribution >= 0.6 is 0 Å². The molecule has 0 amide bonds. The Labute approximate surface area is 127 Å². The third kappa shape index (κ3) is 3.69. The van der Waals surface area contributed by atoms with Crippen molar-refractivity contribution in [3.63, 3.8) is 0 Å². The summed E-state index contributed by atoms with van der Waals surface area (Å²) in [6.45, 7) is 4.47. The molecule has 2 aromatic rings. The normalized spacial score (nSPS) is 22.2. The summed E-state index contributed by atoms with van der Waals surface area (Å²) in [6.07, 6.45) is 10.2. The van der Waals surface area contributed by atoms with Crippen LogP contribution in [0.25, 0.3) is 0 Å². The van der Waals surface area contributed by atoms with Gasteiger partial charge in [0.2, 0.25) is 0 Å². The zero-order valence-corrected chi connectivity index (χ0v) is 13.0. The Bertz CT molecular complexity index is 564. The standard InChI is InChI=1S/C19H24N2/c1-14-3-7-16(8-4-14)11-19-20-12-18(13-21-19)17-9-5-15(2)6-10-17/h3-4,7-8,12-13,15,17H,5-6,9-11H2,1-2H3. The van der Waals surface area contributed by atoms with Gasteiger partial charge in [-0.15, -0.1) is 0 Å². The van der Waals surface area contributed by atoms with Crippen LogP contribution in [-0.4, -0.2) is 9.97 Å². The molecule has 0 aliphatic heterocycles. The third-order valence-corrected chi connectivity index (χ3v) is 4.70. The molecule has 0 unspecified atom stereocenters. The second-order valence-electron chi connectivity index (χ2n) is 6.55. The van der Waals surface area contributed by atoms with Crippen LogP contribution in [0.4, 0.5) is 0 Å². The molecule has 110 valence electrons. The van der Waals surface area contributed by atoms with Gasteiger partial charge < -0.3 is 0 Å². The van der Waals surface area contributed by atoms with E-state index in [9.17, 15) is 0 Å². The fraction of sp³-hybridized carbons (Fsp3) is 0.474. The summed E-state index contributed by atoms with van der Waals surface area (Å²) in [5, 5.41) is 0. The van der Waals surface area contributed by atoms with Gasteiger partial charge in [0, 0.05) is 18.8 Å². The first-order chi connectivity index (χ1) is 10.2.